The van der Waals surface area contributed by atoms with Gasteiger partial charge in [0, 0.05) is 44.5 Å². The van der Waals surface area contributed by atoms with Gasteiger partial charge in [-0.05, 0) is 42.1 Å². The van der Waals surface area contributed by atoms with Crippen molar-refractivity contribution in [2.45, 2.75) is 19.6 Å². The molecule has 1 aliphatic rings. The molecule has 0 bridgehead atoms. The van der Waals surface area contributed by atoms with Gasteiger partial charge in [0.25, 0.3) is 0 Å². The van der Waals surface area contributed by atoms with E-state index in [1.54, 1.807) is 41.3 Å². The van der Waals surface area contributed by atoms with Crippen molar-refractivity contribution in [3.05, 3.63) is 70.6 Å². The second kappa shape index (κ2) is 9.77. The number of rotatable bonds is 4. The van der Waals surface area contributed by atoms with E-state index in [0.717, 1.165) is 32.7 Å². The molecule has 1 aromatic carbocycles. The second-order valence-corrected chi connectivity index (χ2v) is 9.33. The van der Waals surface area contributed by atoms with Gasteiger partial charge in [-0.2, -0.15) is 18.3 Å². The molecule has 6 nitrogen and oxygen atoms in total. The van der Waals surface area contributed by atoms with E-state index in [1.807, 2.05) is 6.07 Å². The third kappa shape index (κ3) is 5.22. The molecule has 0 amide bonds. The molecule has 1 saturated heterocycles. The van der Waals surface area contributed by atoms with E-state index in [9.17, 15) is 13.2 Å². The van der Waals surface area contributed by atoms with Gasteiger partial charge < -0.3 is 4.90 Å². The Bertz CT molecular complexity index is 1390. The van der Waals surface area contributed by atoms with Crippen LogP contribution in [-0.4, -0.2) is 62.1 Å². The topological polar surface area (TPSA) is 49.6 Å². The Morgan fingerprint density at radius 3 is 2.57 bits per heavy atom. The first-order chi connectivity index (χ1) is 16.9. The number of piperazine rings is 1. The summed E-state index contributed by atoms with van der Waals surface area (Å²) in [5.41, 5.74) is 1.44. The number of aromatic nitrogens is 4. The zero-order chi connectivity index (χ0) is 24.4. The fraction of sp³-hybridized carbons (Fsp3) is 0.320. The Morgan fingerprint density at radius 1 is 1.00 bits per heavy atom. The zero-order valence-electron chi connectivity index (χ0n) is 19.1. The number of imidazole rings is 1. The number of benzene rings is 1. The molecule has 0 N–H and O–H groups in total. The van der Waals surface area contributed by atoms with E-state index in [4.69, 9.17) is 0 Å². The van der Waals surface area contributed by atoms with E-state index in [1.165, 1.54) is 17.4 Å². The van der Waals surface area contributed by atoms with Gasteiger partial charge in [0.2, 0.25) is 0 Å². The maximum absolute atomic E-state index is 13.9. The molecular weight excluding hydrogens is 473 g/mol. The summed E-state index contributed by atoms with van der Waals surface area (Å²) in [5.74, 6) is 6.04. The van der Waals surface area contributed by atoms with Gasteiger partial charge in [0.1, 0.15) is 10.7 Å². The number of fused-ring (bicyclic) bond motifs is 1. The standard InChI is InChI=1S/C25H23F3N6S/c1-2-32-10-12-33(13-11-32)17-19-6-5-18(14-22(19)25(26,27)28)24-30-16-21(35-24)8-7-20-15-29-23-4-3-9-31-34(20)23/h3-6,9,14-16H,2,10-13,17H2,1H3. The van der Waals surface area contributed by atoms with Crippen LogP contribution in [0, 0.1) is 11.8 Å². The lowest BCUT2D eigenvalue weighted by Gasteiger charge is -2.34. The van der Waals surface area contributed by atoms with Crippen molar-refractivity contribution in [1.82, 2.24) is 29.4 Å². The van der Waals surface area contributed by atoms with Crippen LogP contribution in [0.4, 0.5) is 13.2 Å². The van der Waals surface area contributed by atoms with Gasteiger partial charge in [-0.25, -0.2) is 14.5 Å². The predicted octanol–water partition coefficient (Wildman–Crippen LogP) is 4.41. The van der Waals surface area contributed by atoms with Gasteiger partial charge in [-0.1, -0.05) is 19.1 Å². The molecule has 3 aromatic heterocycles. The Morgan fingerprint density at radius 2 is 1.80 bits per heavy atom. The van der Waals surface area contributed by atoms with Crippen molar-refractivity contribution in [2.75, 3.05) is 32.7 Å². The summed E-state index contributed by atoms with van der Waals surface area (Å²) in [6, 6.07) is 8.14. The number of hydrogen-bond donors (Lipinski definition) is 0. The molecule has 0 radical (unpaired) electrons. The highest BCUT2D eigenvalue weighted by Gasteiger charge is 2.34. The first-order valence-corrected chi connectivity index (χ1v) is 12.1. The molecule has 35 heavy (non-hydrogen) atoms. The lowest BCUT2D eigenvalue weighted by atomic mass is 10.0. The van der Waals surface area contributed by atoms with Crippen molar-refractivity contribution in [3.63, 3.8) is 0 Å². The van der Waals surface area contributed by atoms with Crippen LogP contribution in [0.3, 0.4) is 0 Å². The highest BCUT2D eigenvalue weighted by Crippen LogP contribution is 2.36. The summed E-state index contributed by atoms with van der Waals surface area (Å²) in [6.07, 6.45) is 0.427. The summed E-state index contributed by atoms with van der Waals surface area (Å²) in [7, 11) is 0. The van der Waals surface area contributed by atoms with Crippen LogP contribution in [0.15, 0.2) is 48.9 Å². The van der Waals surface area contributed by atoms with Crippen molar-refractivity contribution < 1.29 is 13.2 Å². The Kier molecular flexibility index (Phi) is 6.56. The van der Waals surface area contributed by atoms with Crippen LogP contribution in [0.25, 0.3) is 16.2 Å². The van der Waals surface area contributed by atoms with Crippen LogP contribution >= 0.6 is 11.3 Å². The van der Waals surface area contributed by atoms with Gasteiger partial charge in [0.15, 0.2) is 5.65 Å². The van der Waals surface area contributed by atoms with Gasteiger partial charge >= 0.3 is 6.18 Å². The molecule has 0 unspecified atom stereocenters. The smallest absolute Gasteiger partial charge is 0.301 e. The SMILES string of the molecule is CCN1CCN(Cc2ccc(-c3ncc(C#Cc4cnc5cccnn45)s3)cc2C(F)(F)F)CC1. The minimum absolute atomic E-state index is 0.286. The molecule has 5 rings (SSSR count). The zero-order valence-corrected chi connectivity index (χ0v) is 19.9. The molecule has 180 valence electrons. The fourth-order valence-electron chi connectivity index (χ4n) is 4.12. The monoisotopic (exact) mass is 496 g/mol. The first-order valence-electron chi connectivity index (χ1n) is 11.3. The lowest BCUT2D eigenvalue weighted by Crippen LogP contribution is -2.45. The van der Waals surface area contributed by atoms with Crippen molar-refractivity contribution >= 4 is 17.0 Å². The largest absolute Gasteiger partial charge is 0.416 e. The lowest BCUT2D eigenvalue weighted by molar-refractivity contribution is -0.138. The van der Waals surface area contributed by atoms with Gasteiger partial charge in [-0.15, -0.1) is 11.3 Å². The van der Waals surface area contributed by atoms with Gasteiger partial charge in [0.05, 0.1) is 22.8 Å². The number of alkyl halides is 3. The normalized spacial score (nSPS) is 15.3. The van der Waals surface area contributed by atoms with Crippen molar-refractivity contribution in [3.8, 4) is 22.4 Å². The predicted molar refractivity (Wildman–Crippen MR) is 129 cm³/mol. The molecule has 0 aliphatic carbocycles. The van der Waals surface area contributed by atoms with Crippen molar-refractivity contribution in [2.24, 2.45) is 0 Å². The first kappa shape index (κ1) is 23.5. The molecule has 4 heterocycles. The van der Waals surface area contributed by atoms with E-state index in [2.05, 4.69) is 43.6 Å². The third-order valence-corrected chi connectivity index (χ3v) is 7.03. The maximum Gasteiger partial charge on any atom is 0.416 e. The third-order valence-electron chi connectivity index (χ3n) is 6.07. The maximum atomic E-state index is 13.9. The molecule has 0 saturated carbocycles. The highest BCUT2D eigenvalue weighted by atomic mass is 32.1. The summed E-state index contributed by atoms with van der Waals surface area (Å²) >= 11 is 1.26. The Labute approximate surface area is 205 Å². The fourth-order valence-corrected chi connectivity index (χ4v) is 4.89. The van der Waals surface area contributed by atoms with Crippen LogP contribution in [-0.2, 0) is 12.7 Å². The van der Waals surface area contributed by atoms with Crippen molar-refractivity contribution in [1.29, 1.82) is 0 Å². The van der Waals surface area contributed by atoms with E-state index < -0.39 is 11.7 Å². The average molecular weight is 497 g/mol. The minimum Gasteiger partial charge on any atom is -0.301 e. The number of likely N-dealkylation sites (N-methyl/N-ethyl adjacent to an activating group) is 1. The molecule has 0 atom stereocenters. The van der Waals surface area contributed by atoms with Crippen LogP contribution < -0.4 is 0 Å². The Hall–Kier alpha value is -3.26. The molecule has 4 aromatic rings. The number of nitrogens with zero attached hydrogens (tertiary/aromatic N) is 6. The molecule has 1 fully saturated rings. The molecule has 10 heteroatoms. The van der Waals surface area contributed by atoms with Crippen LogP contribution in [0.5, 0.6) is 0 Å². The van der Waals surface area contributed by atoms with Crippen LogP contribution in [0.2, 0.25) is 0 Å². The Balaban J connectivity index is 1.37. The molecule has 0 spiro atoms. The minimum atomic E-state index is -4.44. The summed E-state index contributed by atoms with van der Waals surface area (Å²) in [5, 5.41) is 4.72. The molecular formula is C25H23F3N6S. The van der Waals surface area contributed by atoms with E-state index in [0.29, 0.717) is 32.4 Å². The van der Waals surface area contributed by atoms with Crippen LogP contribution in [0.1, 0.15) is 28.6 Å². The average Bonchev–Trinajstić information content (AvgIpc) is 3.50. The van der Waals surface area contributed by atoms with E-state index >= 15 is 0 Å². The summed E-state index contributed by atoms with van der Waals surface area (Å²) in [6.45, 7) is 6.64. The summed E-state index contributed by atoms with van der Waals surface area (Å²) in [4.78, 5) is 13.6. The number of halogens is 3. The summed E-state index contributed by atoms with van der Waals surface area (Å²) < 4.78 is 43.5. The number of hydrogen-bond acceptors (Lipinski definition) is 6. The molecule has 1 aliphatic heterocycles. The second-order valence-electron chi connectivity index (χ2n) is 8.30. The quantitative estimate of drug-likeness (QED) is 0.392. The van der Waals surface area contributed by atoms with E-state index in [-0.39, 0.29) is 6.54 Å². The van der Waals surface area contributed by atoms with Gasteiger partial charge in [-0.3, -0.25) is 4.90 Å². The number of thiazole rings is 1. The highest BCUT2D eigenvalue weighted by molar-refractivity contribution is 7.15.